The van der Waals surface area contributed by atoms with E-state index in [-0.39, 0.29) is 6.61 Å². The third kappa shape index (κ3) is 34.2. The Morgan fingerprint density at radius 2 is 1.33 bits per heavy atom. The summed E-state index contributed by atoms with van der Waals surface area (Å²) in [5.74, 6) is 0. The summed E-state index contributed by atoms with van der Waals surface area (Å²) in [6, 6.07) is 0. The Bertz CT molecular complexity index is 52.3. The van der Waals surface area contributed by atoms with Gasteiger partial charge in [-0.05, 0) is 6.92 Å². The molecular formula is C4H9F3O2. The van der Waals surface area contributed by atoms with Gasteiger partial charge in [-0.2, -0.15) is 13.2 Å². The van der Waals surface area contributed by atoms with Gasteiger partial charge in [0.1, 0.15) is 6.61 Å². The molecule has 0 fully saturated rings. The average Bonchev–Trinajstić information content (AvgIpc) is 1.67. The number of aliphatic hydroxyl groups excluding tert-OH is 2. The van der Waals surface area contributed by atoms with Crippen molar-refractivity contribution >= 4 is 0 Å². The molecule has 58 valence electrons. The lowest BCUT2D eigenvalue weighted by Gasteiger charge is -1.95. The molecule has 0 saturated carbocycles. The highest BCUT2D eigenvalue weighted by Gasteiger charge is 2.24. The summed E-state index contributed by atoms with van der Waals surface area (Å²) >= 11 is 0. The Kier molecular flexibility index (Phi) is 7.46. The molecule has 0 heterocycles. The number of alkyl halides is 3. The van der Waals surface area contributed by atoms with Gasteiger partial charge in [0.25, 0.3) is 0 Å². The topological polar surface area (TPSA) is 40.5 Å². The molecule has 0 atom stereocenters. The van der Waals surface area contributed by atoms with Crippen molar-refractivity contribution in [2.45, 2.75) is 13.1 Å². The quantitative estimate of drug-likeness (QED) is 0.523. The molecule has 0 bridgehead atoms. The van der Waals surface area contributed by atoms with E-state index in [1.54, 1.807) is 6.92 Å². The third-order valence-corrected chi connectivity index (χ3v) is 0.179. The molecule has 0 spiro atoms. The molecule has 0 aromatic heterocycles. The van der Waals surface area contributed by atoms with Crippen LogP contribution in [-0.4, -0.2) is 29.6 Å². The van der Waals surface area contributed by atoms with E-state index in [4.69, 9.17) is 10.2 Å². The molecule has 0 aliphatic heterocycles. The molecule has 0 radical (unpaired) electrons. The van der Waals surface area contributed by atoms with Crippen molar-refractivity contribution < 1.29 is 23.4 Å². The highest BCUT2D eigenvalue weighted by Crippen LogP contribution is 2.11. The summed E-state index contributed by atoms with van der Waals surface area (Å²) in [6.07, 6.45) is -4.40. The summed E-state index contributed by atoms with van der Waals surface area (Å²) in [6.45, 7) is 0.201. The molecule has 0 amide bonds. The summed E-state index contributed by atoms with van der Waals surface area (Å²) in [7, 11) is 0. The summed E-state index contributed by atoms with van der Waals surface area (Å²) in [5.41, 5.74) is 0. The molecule has 0 rings (SSSR count). The summed E-state index contributed by atoms with van der Waals surface area (Å²) < 4.78 is 31.6. The SMILES string of the molecule is CCO.OCC(F)(F)F. The van der Waals surface area contributed by atoms with Crippen molar-refractivity contribution in [2.24, 2.45) is 0 Å². The second-order valence-corrected chi connectivity index (χ2v) is 1.09. The molecule has 0 aliphatic carbocycles. The average molecular weight is 146 g/mol. The maximum Gasteiger partial charge on any atom is 0.411 e. The predicted molar refractivity (Wildman–Crippen MR) is 25.9 cm³/mol. The zero-order valence-electron chi connectivity index (χ0n) is 4.94. The van der Waals surface area contributed by atoms with Crippen molar-refractivity contribution in [3.8, 4) is 0 Å². The molecule has 0 aromatic carbocycles. The number of hydrogen-bond donors (Lipinski definition) is 2. The summed E-state index contributed by atoms with van der Waals surface area (Å²) in [5, 5.41) is 14.8. The van der Waals surface area contributed by atoms with Crippen molar-refractivity contribution in [1.29, 1.82) is 0 Å². The number of halogens is 3. The van der Waals surface area contributed by atoms with Crippen molar-refractivity contribution in [2.75, 3.05) is 13.2 Å². The second-order valence-electron chi connectivity index (χ2n) is 1.09. The minimum Gasteiger partial charge on any atom is -0.397 e. The zero-order valence-corrected chi connectivity index (χ0v) is 4.94. The van der Waals surface area contributed by atoms with E-state index in [0.717, 1.165) is 0 Å². The lowest BCUT2D eigenvalue weighted by molar-refractivity contribution is -0.159. The van der Waals surface area contributed by atoms with Gasteiger partial charge in [0.05, 0.1) is 0 Å². The molecule has 2 N–H and O–H groups in total. The zero-order chi connectivity index (χ0) is 7.91. The van der Waals surface area contributed by atoms with Crippen LogP contribution < -0.4 is 0 Å². The molecule has 5 heteroatoms. The maximum atomic E-state index is 10.5. The molecule has 9 heavy (non-hydrogen) atoms. The fraction of sp³-hybridized carbons (Fsp3) is 1.00. The Hall–Kier alpha value is -0.290. The van der Waals surface area contributed by atoms with Crippen LogP contribution >= 0.6 is 0 Å². The van der Waals surface area contributed by atoms with E-state index >= 15 is 0 Å². The smallest absolute Gasteiger partial charge is 0.397 e. The fourth-order valence-electron chi connectivity index (χ4n) is 0. The van der Waals surface area contributed by atoms with Crippen LogP contribution in [0.25, 0.3) is 0 Å². The lowest BCUT2D eigenvalue weighted by atomic mass is 10.7. The van der Waals surface area contributed by atoms with Gasteiger partial charge in [0.2, 0.25) is 0 Å². The van der Waals surface area contributed by atoms with Gasteiger partial charge in [0.15, 0.2) is 0 Å². The first-order valence-electron chi connectivity index (χ1n) is 2.26. The van der Waals surface area contributed by atoms with Gasteiger partial charge in [-0.1, -0.05) is 0 Å². The monoisotopic (exact) mass is 146 g/mol. The minimum absolute atomic E-state index is 0.250. The van der Waals surface area contributed by atoms with Gasteiger partial charge >= 0.3 is 6.18 Å². The maximum absolute atomic E-state index is 10.5. The standard InChI is InChI=1S/C2H3F3O.C2H6O/c3-2(4,5)1-6;1-2-3/h6H,1H2;3H,2H2,1H3. The van der Waals surface area contributed by atoms with Crippen molar-refractivity contribution in [3.63, 3.8) is 0 Å². The van der Waals surface area contributed by atoms with Gasteiger partial charge in [0, 0.05) is 6.61 Å². The minimum atomic E-state index is -4.40. The van der Waals surface area contributed by atoms with E-state index in [1.807, 2.05) is 0 Å². The van der Waals surface area contributed by atoms with Crippen LogP contribution in [0.1, 0.15) is 6.92 Å². The van der Waals surface area contributed by atoms with Gasteiger partial charge in [-0.3, -0.25) is 0 Å². The van der Waals surface area contributed by atoms with Crippen LogP contribution in [0, 0.1) is 0 Å². The van der Waals surface area contributed by atoms with E-state index in [9.17, 15) is 13.2 Å². The first kappa shape index (κ1) is 11.5. The first-order chi connectivity index (χ1) is 3.97. The number of hydrogen-bond acceptors (Lipinski definition) is 2. The highest BCUT2D eigenvalue weighted by molar-refractivity contribution is 4.39. The van der Waals surface area contributed by atoms with E-state index < -0.39 is 12.8 Å². The Morgan fingerprint density at radius 3 is 1.33 bits per heavy atom. The van der Waals surface area contributed by atoms with Crippen LogP contribution in [0.15, 0.2) is 0 Å². The van der Waals surface area contributed by atoms with Crippen LogP contribution in [0.3, 0.4) is 0 Å². The van der Waals surface area contributed by atoms with Gasteiger partial charge < -0.3 is 10.2 Å². The van der Waals surface area contributed by atoms with Crippen molar-refractivity contribution in [3.05, 3.63) is 0 Å². The molecule has 0 aliphatic rings. The van der Waals surface area contributed by atoms with Crippen LogP contribution in [0.5, 0.6) is 0 Å². The Morgan fingerprint density at radius 1 is 1.22 bits per heavy atom. The first-order valence-corrected chi connectivity index (χ1v) is 2.26. The Balaban J connectivity index is 0. The fourth-order valence-corrected chi connectivity index (χ4v) is 0. The van der Waals surface area contributed by atoms with E-state index in [2.05, 4.69) is 0 Å². The molecule has 0 unspecified atom stereocenters. The predicted octanol–water partition coefficient (Wildman–Crippen LogP) is 0.540. The highest BCUT2D eigenvalue weighted by atomic mass is 19.4. The number of aliphatic hydroxyl groups is 2. The molecule has 0 saturated heterocycles. The molecule has 2 nitrogen and oxygen atoms in total. The second kappa shape index (κ2) is 5.84. The number of rotatable bonds is 0. The molecule has 0 aromatic rings. The lowest BCUT2D eigenvalue weighted by Crippen LogP contribution is -2.12. The van der Waals surface area contributed by atoms with Crippen LogP contribution in [0.4, 0.5) is 13.2 Å². The van der Waals surface area contributed by atoms with Crippen molar-refractivity contribution in [1.82, 2.24) is 0 Å². The summed E-state index contributed by atoms with van der Waals surface area (Å²) in [4.78, 5) is 0. The largest absolute Gasteiger partial charge is 0.411 e. The van der Waals surface area contributed by atoms with Crippen LogP contribution in [-0.2, 0) is 0 Å². The van der Waals surface area contributed by atoms with Gasteiger partial charge in [-0.15, -0.1) is 0 Å². The van der Waals surface area contributed by atoms with Gasteiger partial charge in [-0.25, -0.2) is 0 Å². The van der Waals surface area contributed by atoms with E-state index in [0.29, 0.717) is 0 Å². The Labute approximate surface area is 50.9 Å². The molecular weight excluding hydrogens is 137 g/mol. The van der Waals surface area contributed by atoms with E-state index in [1.165, 1.54) is 0 Å². The normalized spacial score (nSPS) is 10.0. The third-order valence-electron chi connectivity index (χ3n) is 0.179. The van der Waals surface area contributed by atoms with Crippen LogP contribution in [0.2, 0.25) is 0 Å².